The van der Waals surface area contributed by atoms with Gasteiger partial charge in [0.05, 0.1) is 0 Å². The van der Waals surface area contributed by atoms with E-state index in [4.69, 9.17) is 4.74 Å². The van der Waals surface area contributed by atoms with Crippen LogP contribution in [0.4, 0.5) is 4.79 Å². The molecule has 172 valence electrons. The van der Waals surface area contributed by atoms with E-state index in [-0.39, 0.29) is 0 Å². The zero-order valence-corrected chi connectivity index (χ0v) is 18.9. The molecule has 1 aromatic heterocycles. The van der Waals surface area contributed by atoms with Crippen LogP contribution in [0, 0.1) is 0 Å². The predicted molar refractivity (Wildman–Crippen MR) is 134 cm³/mol. The van der Waals surface area contributed by atoms with E-state index in [1.165, 1.54) is 0 Å². The van der Waals surface area contributed by atoms with Crippen LogP contribution in [0.25, 0.3) is 0 Å². The molecule has 4 aromatic carbocycles. The van der Waals surface area contributed by atoms with Gasteiger partial charge in [0, 0.05) is 18.0 Å². The van der Waals surface area contributed by atoms with Gasteiger partial charge in [-0.1, -0.05) is 121 Å². The fraction of sp³-hybridized carbons (Fsp3) is 0.0667. The van der Waals surface area contributed by atoms with Crippen molar-refractivity contribution < 1.29 is 14.6 Å². The van der Waals surface area contributed by atoms with Gasteiger partial charge >= 0.3 is 6.16 Å². The molecule has 0 radical (unpaired) electrons. The Morgan fingerprint density at radius 1 is 0.714 bits per heavy atom. The summed E-state index contributed by atoms with van der Waals surface area (Å²) < 4.78 is 7.49. The molecule has 0 bridgehead atoms. The maximum atomic E-state index is 11.8. The van der Waals surface area contributed by atoms with Crippen LogP contribution in [-0.4, -0.2) is 20.8 Å². The Labute approximate surface area is 203 Å². The minimum absolute atomic E-state index is 0.482. The molecule has 5 nitrogen and oxygen atoms in total. The average Bonchev–Trinajstić information content (AvgIpc) is 3.40. The second-order valence-electron chi connectivity index (χ2n) is 8.14. The lowest BCUT2D eigenvalue weighted by atomic mass is 9.76. The van der Waals surface area contributed by atoms with Crippen LogP contribution in [0.3, 0.4) is 0 Å². The lowest BCUT2D eigenvalue weighted by molar-refractivity contribution is 0.0612. The molecule has 5 rings (SSSR count). The van der Waals surface area contributed by atoms with E-state index in [1.807, 2.05) is 95.7 Å². The summed E-state index contributed by atoms with van der Waals surface area (Å²) in [5.41, 5.74) is 2.91. The van der Waals surface area contributed by atoms with Crippen molar-refractivity contribution >= 4 is 6.16 Å². The van der Waals surface area contributed by atoms with Crippen LogP contribution >= 0.6 is 0 Å². The average molecular weight is 461 g/mol. The minimum atomic E-state index is -1.36. The molecule has 0 aliphatic carbocycles. The molecule has 0 spiro atoms. The van der Waals surface area contributed by atoms with Crippen molar-refractivity contribution in [1.29, 1.82) is 0 Å². The molecule has 0 saturated carbocycles. The molecular weight excluding hydrogens is 436 g/mol. The maximum Gasteiger partial charge on any atom is 0.506 e. The molecular formula is C30H24N2O3. The van der Waals surface area contributed by atoms with Gasteiger partial charge < -0.3 is 14.4 Å². The lowest BCUT2D eigenvalue weighted by Gasteiger charge is -2.39. The second kappa shape index (κ2) is 9.69. The van der Waals surface area contributed by atoms with Crippen LogP contribution in [-0.2, 0) is 10.3 Å². The lowest BCUT2D eigenvalue weighted by Crippen LogP contribution is -2.39. The van der Waals surface area contributed by atoms with E-state index < -0.39 is 17.8 Å². The van der Waals surface area contributed by atoms with E-state index in [0.29, 0.717) is 11.4 Å². The van der Waals surface area contributed by atoms with Gasteiger partial charge in [0.2, 0.25) is 0 Å². The van der Waals surface area contributed by atoms with Gasteiger partial charge in [0.1, 0.15) is 5.54 Å². The van der Waals surface area contributed by atoms with Gasteiger partial charge in [0.15, 0.2) is 11.9 Å². The van der Waals surface area contributed by atoms with E-state index in [9.17, 15) is 9.90 Å². The topological polar surface area (TPSA) is 64.3 Å². The summed E-state index contributed by atoms with van der Waals surface area (Å²) in [5, 5.41) is 9.63. The largest absolute Gasteiger partial charge is 0.506 e. The Morgan fingerprint density at radius 3 is 1.57 bits per heavy atom. The quantitative estimate of drug-likeness (QED) is 0.222. The van der Waals surface area contributed by atoms with Gasteiger partial charge in [-0.3, -0.25) is 0 Å². The molecule has 35 heavy (non-hydrogen) atoms. The Balaban J connectivity index is 1.85. The minimum Gasteiger partial charge on any atom is -0.450 e. The monoisotopic (exact) mass is 460 g/mol. The molecule has 1 N–H and O–H groups in total. The summed E-state index contributed by atoms with van der Waals surface area (Å²) in [6, 6.07) is 39.8. The molecule has 1 heterocycles. The van der Waals surface area contributed by atoms with Gasteiger partial charge in [-0.25, -0.2) is 9.78 Å². The van der Waals surface area contributed by atoms with Crippen LogP contribution in [0.2, 0.25) is 0 Å². The van der Waals surface area contributed by atoms with Crippen LogP contribution < -0.4 is 0 Å². The summed E-state index contributed by atoms with van der Waals surface area (Å²) in [4.78, 5) is 16.5. The van der Waals surface area contributed by atoms with Crippen molar-refractivity contribution in [2.24, 2.45) is 0 Å². The van der Waals surface area contributed by atoms with Crippen molar-refractivity contribution in [3.05, 3.63) is 162 Å². The standard InChI is InChI=1S/C30H24N2O3/c33-29(34)35-27(23-13-5-1-6-14-23)28-31-21-22-32(28)30(24-15-7-2-8-16-24,25-17-9-3-10-18-25)26-19-11-4-12-20-26/h1-22,27H,(H,33,34). The Hall–Kier alpha value is -4.64. The molecule has 5 heteroatoms. The fourth-order valence-corrected chi connectivity index (χ4v) is 4.75. The Bertz CT molecular complexity index is 1290. The molecule has 5 aromatic rings. The zero-order chi connectivity index (χ0) is 24.1. The zero-order valence-electron chi connectivity index (χ0n) is 18.9. The number of aromatic nitrogens is 2. The van der Waals surface area contributed by atoms with Crippen LogP contribution in [0.1, 0.15) is 34.2 Å². The SMILES string of the molecule is O=C(O)OC(c1ccccc1)c1nccn1C(c1ccccc1)(c1ccccc1)c1ccccc1. The van der Waals surface area contributed by atoms with Crippen LogP contribution in [0.5, 0.6) is 0 Å². The summed E-state index contributed by atoms with van der Waals surface area (Å²) in [6.07, 6.45) is 1.31. The first-order chi connectivity index (χ1) is 17.2. The number of carboxylic acid groups (broad SMARTS) is 1. The molecule has 0 saturated heterocycles. The summed E-state index contributed by atoms with van der Waals surface area (Å²) >= 11 is 0. The third-order valence-electron chi connectivity index (χ3n) is 6.16. The molecule has 0 aliphatic rings. The van der Waals surface area contributed by atoms with E-state index in [1.54, 1.807) is 6.20 Å². The van der Waals surface area contributed by atoms with Crippen molar-refractivity contribution in [3.8, 4) is 0 Å². The van der Waals surface area contributed by atoms with E-state index in [0.717, 1.165) is 16.7 Å². The summed E-state index contributed by atoms with van der Waals surface area (Å²) in [7, 11) is 0. The number of benzene rings is 4. The number of nitrogens with zero attached hydrogens (tertiary/aromatic N) is 2. The smallest absolute Gasteiger partial charge is 0.450 e. The van der Waals surface area contributed by atoms with E-state index >= 15 is 0 Å². The van der Waals surface area contributed by atoms with Gasteiger partial charge in [0.25, 0.3) is 0 Å². The molecule has 0 amide bonds. The fourth-order valence-electron chi connectivity index (χ4n) is 4.75. The Kier molecular flexibility index (Phi) is 6.14. The number of rotatable bonds is 7. The maximum absolute atomic E-state index is 11.8. The highest BCUT2D eigenvalue weighted by Gasteiger charge is 2.41. The summed E-state index contributed by atoms with van der Waals surface area (Å²) in [6.45, 7) is 0. The predicted octanol–water partition coefficient (Wildman–Crippen LogP) is 6.51. The number of ether oxygens (including phenoxy) is 1. The highest BCUT2D eigenvalue weighted by atomic mass is 16.7. The first kappa shape index (κ1) is 22.2. The number of hydrogen-bond acceptors (Lipinski definition) is 3. The van der Waals surface area contributed by atoms with Gasteiger partial charge in [-0.15, -0.1) is 0 Å². The number of hydrogen-bond donors (Lipinski definition) is 1. The number of imidazole rings is 1. The Morgan fingerprint density at radius 2 is 1.14 bits per heavy atom. The van der Waals surface area contributed by atoms with Gasteiger partial charge in [-0.05, 0) is 16.7 Å². The van der Waals surface area contributed by atoms with Crippen molar-refractivity contribution in [2.45, 2.75) is 11.6 Å². The van der Waals surface area contributed by atoms with Crippen molar-refractivity contribution in [3.63, 3.8) is 0 Å². The molecule has 0 aliphatic heterocycles. The number of carbonyl (C=O) groups is 1. The highest BCUT2D eigenvalue weighted by molar-refractivity contribution is 5.58. The van der Waals surface area contributed by atoms with Crippen molar-refractivity contribution in [1.82, 2.24) is 9.55 Å². The van der Waals surface area contributed by atoms with E-state index in [2.05, 4.69) is 41.4 Å². The first-order valence-electron chi connectivity index (χ1n) is 11.4. The molecule has 0 fully saturated rings. The third kappa shape index (κ3) is 4.08. The van der Waals surface area contributed by atoms with Crippen LogP contribution in [0.15, 0.2) is 134 Å². The summed E-state index contributed by atoms with van der Waals surface area (Å²) in [5.74, 6) is 0.482. The van der Waals surface area contributed by atoms with Gasteiger partial charge in [-0.2, -0.15) is 0 Å². The second-order valence-corrected chi connectivity index (χ2v) is 8.14. The molecule has 1 atom stereocenters. The highest BCUT2D eigenvalue weighted by Crippen LogP contribution is 2.43. The van der Waals surface area contributed by atoms with Crippen molar-refractivity contribution in [2.75, 3.05) is 0 Å². The molecule has 1 unspecified atom stereocenters. The first-order valence-corrected chi connectivity index (χ1v) is 11.4. The third-order valence-corrected chi connectivity index (χ3v) is 6.16. The normalized spacial score (nSPS) is 12.1.